The smallest absolute Gasteiger partial charge is 0.191 e. The van der Waals surface area contributed by atoms with Gasteiger partial charge >= 0.3 is 0 Å². The van der Waals surface area contributed by atoms with Crippen molar-refractivity contribution in [2.24, 2.45) is 0 Å². The summed E-state index contributed by atoms with van der Waals surface area (Å²) in [7, 11) is 0. The summed E-state index contributed by atoms with van der Waals surface area (Å²) in [6.45, 7) is 32.7. The van der Waals surface area contributed by atoms with E-state index in [-0.39, 0.29) is 0 Å². The zero-order chi connectivity index (χ0) is 69.1. The van der Waals surface area contributed by atoms with Gasteiger partial charge < -0.3 is 8.83 Å². The van der Waals surface area contributed by atoms with E-state index in [1.807, 2.05) is 122 Å². The van der Waals surface area contributed by atoms with Gasteiger partial charge in [-0.15, -0.1) is 0 Å². The Balaban J connectivity index is 0.000000132. The number of nitrogens with zero attached hydrogens (tertiary/aromatic N) is 6. The highest BCUT2D eigenvalue weighted by atomic mass is 16.3. The van der Waals surface area contributed by atoms with Crippen molar-refractivity contribution in [2.75, 3.05) is 0 Å². The normalized spacial score (nSPS) is 11.2. The van der Waals surface area contributed by atoms with Gasteiger partial charge in [-0.2, -0.15) is 0 Å². The first-order valence-corrected chi connectivity index (χ1v) is 33.2. The highest BCUT2D eigenvalue weighted by Crippen LogP contribution is 2.33. The molecule has 8 nitrogen and oxygen atoms in total. The van der Waals surface area contributed by atoms with Gasteiger partial charge in [0, 0.05) is 62.6 Å². The maximum Gasteiger partial charge on any atom is 0.191 e. The number of pyridine rings is 5. The van der Waals surface area contributed by atoms with E-state index in [0.29, 0.717) is 0 Å². The Hall–Kier alpha value is -11.0. The van der Waals surface area contributed by atoms with Gasteiger partial charge in [-0.1, -0.05) is 221 Å². The molecule has 488 valence electrons. The molecule has 97 heavy (non-hydrogen) atoms. The second-order valence-electron chi connectivity index (χ2n) is 25.3. The summed E-state index contributed by atoms with van der Waals surface area (Å²) in [6.07, 6.45) is 7.25. The van der Waals surface area contributed by atoms with Crippen molar-refractivity contribution in [2.45, 2.75) is 117 Å². The van der Waals surface area contributed by atoms with E-state index in [9.17, 15) is 0 Å². The van der Waals surface area contributed by atoms with Crippen LogP contribution in [0.2, 0.25) is 0 Å². The molecule has 0 radical (unpaired) electrons. The molecular weight excluding hydrogens is 1190 g/mol. The van der Waals surface area contributed by atoms with Crippen LogP contribution in [-0.4, -0.2) is 29.9 Å². The molecule has 0 spiro atoms. The van der Waals surface area contributed by atoms with Crippen LogP contribution in [0.25, 0.3) is 87.8 Å². The number of para-hydroxylation sites is 2. The minimum atomic E-state index is 0.734. The summed E-state index contributed by atoms with van der Waals surface area (Å²) in [4.78, 5) is 26.0. The Bertz CT molecular complexity index is 4720. The average molecular weight is 1280 g/mol. The summed E-state index contributed by atoms with van der Waals surface area (Å²) < 4.78 is 10.9. The third-order valence-corrected chi connectivity index (χ3v) is 16.2. The summed E-state index contributed by atoms with van der Waals surface area (Å²) in [5.41, 5.74) is 25.4. The van der Waals surface area contributed by atoms with Crippen molar-refractivity contribution < 1.29 is 8.83 Å². The summed E-state index contributed by atoms with van der Waals surface area (Å²) >= 11 is 0. The number of rotatable bonds is 2. The summed E-state index contributed by atoms with van der Waals surface area (Å²) in [6, 6.07) is 77.8. The number of oxazole rings is 1. The van der Waals surface area contributed by atoms with Gasteiger partial charge in [-0.3, -0.25) is 24.9 Å². The van der Waals surface area contributed by atoms with Crippen LogP contribution in [0.3, 0.4) is 0 Å². The van der Waals surface area contributed by atoms with Gasteiger partial charge in [0.15, 0.2) is 5.89 Å². The van der Waals surface area contributed by atoms with Crippen LogP contribution < -0.4 is 0 Å². The van der Waals surface area contributed by atoms with E-state index in [2.05, 4.69) is 255 Å². The van der Waals surface area contributed by atoms with E-state index in [0.717, 1.165) is 90.2 Å². The van der Waals surface area contributed by atoms with Crippen LogP contribution in [-0.2, 0) is 0 Å². The zero-order valence-electron chi connectivity index (χ0n) is 59.3. The lowest BCUT2D eigenvalue weighted by molar-refractivity contribution is 0.494. The van der Waals surface area contributed by atoms with Crippen LogP contribution in [0.15, 0.2) is 263 Å². The Morgan fingerprint density at radius 1 is 0.289 bits per heavy atom. The lowest BCUT2D eigenvalue weighted by Gasteiger charge is -2.05. The van der Waals surface area contributed by atoms with Gasteiger partial charge in [0.2, 0.25) is 0 Å². The maximum atomic E-state index is 5.91. The third kappa shape index (κ3) is 20.0. The van der Waals surface area contributed by atoms with Crippen LogP contribution in [0.5, 0.6) is 0 Å². The van der Waals surface area contributed by atoms with Crippen molar-refractivity contribution in [1.82, 2.24) is 29.9 Å². The lowest BCUT2D eigenvalue weighted by Crippen LogP contribution is -1.90. The molecule has 0 N–H and O–H groups in total. The van der Waals surface area contributed by atoms with Gasteiger partial charge in [0.25, 0.3) is 0 Å². The Labute approximate surface area is 573 Å². The van der Waals surface area contributed by atoms with Crippen molar-refractivity contribution in [1.29, 1.82) is 0 Å². The number of furan rings is 1. The fourth-order valence-electron chi connectivity index (χ4n) is 11.4. The fraction of sp³-hybridized carbons (Fsp3) is 0.191. The predicted octanol–water partition coefficient (Wildman–Crippen LogP) is 24.2. The highest BCUT2D eigenvalue weighted by Gasteiger charge is 2.10. The van der Waals surface area contributed by atoms with E-state index in [1.54, 1.807) is 6.20 Å². The molecule has 8 heteroatoms. The van der Waals surface area contributed by atoms with Gasteiger partial charge in [-0.25, -0.2) is 4.98 Å². The number of hydrogen-bond donors (Lipinski definition) is 0. The van der Waals surface area contributed by atoms with Gasteiger partial charge in [-0.05, 0) is 203 Å². The van der Waals surface area contributed by atoms with E-state index >= 15 is 0 Å². The van der Waals surface area contributed by atoms with Crippen molar-refractivity contribution in [3.05, 3.63) is 333 Å². The maximum absolute atomic E-state index is 5.91. The molecule has 0 saturated carbocycles. The lowest BCUT2D eigenvalue weighted by atomic mass is 9.99. The minimum absolute atomic E-state index is 0.734. The van der Waals surface area contributed by atoms with Crippen LogP contribution in [0.1, 0.15) is 99.5 Å². The number of aryl methyl sites for hydroxylation is 14. The fourth-order valence-corrected chi connectivity index (χ4v) is 11.4. The molecule has 8 aromatic carbocycles. The van der Waals surface area contributed by atoms with Gasteiger partial charge in [0.1, 0.15) is 16.9 Å². The molecule has 15 aromatic rings. The molecule has 7 heterocycles. The molecule has 1 aliphatic carbocycles. The Kier molecular flexibility index (Phi) is 24.2. The van der Waals surface area contributed by atoms with Crippen LogP contribution >= 0.6 is 0 Å². The van der Waals surface area contributed by atoms with E-state index in [4.69, 9.17) is 8.83 Å². The largest absolute Gasteiger partial charge is 0.456 e. The summed E-state index contributed by atoms with van der Waals surface area (Å²) in [5.74, 6) is 1.61. The monoisotopic (exact) mass is 1270 g/mol. The number of benzene rings is 8. The van der Waals surface area contributed by atoms with Crippen LogP contribution in [0, 0.1) is 96.9 Å². The quantitative estimate of drug-likeness (QED) is 0.158. The minimum Gasteiger partial charge on any atom is -0.456 e. The van der Waals surface area contributed by atoms with Gasteiger partial charge in [0.05, 0.1) is 28.6 Å². The second kappa shape index (κ2) is 33.4. The molecule has 16 rings (SSSR count). The first-order chi connectivity index (χ1) is 46.6. The third-order valence-electron chi connectivity index (χ3n) is 16.2. The molecule has 0 saturated heterocycles. The molecule has 0 fully saturated rings. The average Bonchev–Trinajstić information content (AvgIpc) is 1.75. The van der Waals surface area contributed by atoms with Crippen LogP contribution in [0.4, 0.5) is 0 Å². The van der Waals surface area contributed by atoms with E-state index in [1.165, 1.54) is 94.4 Å². The molecule has 0 amide bonds. The standard InChI is InChI=1S/C16H14.C14H12N2.C14H12O.C14H14.C12H12N2.C7H9N.C7H10.C5H7NO/c1-11-3-5-13-7-8-14-6-4-12(2)10-16(14)15(13)9-11;1-9-3-5-11-7-8-12-6-4-10(2)16-14(12)13(11)15-9;1-9-5-3-7-11-12-8-4-6-10(2)14(12)15-13(9)11;1-11-5-3-7-13(9-11)14-8-4-6-12(2)10-14;1-9-5-3-7-11(13-9)12-8-4-6-10(2)14-12;1-6-4-3-5-7(2)8-6;1-6-3-4-7(2)5-6;1-4-3-6-5(2)7-4/h3-10H,1-2H3;3-8H,1-2H3;3-8H,1-2H3;3-10H,1-2H3;3-8H,1-2H3;3-5H,1-2H3;3-4H,5H2,1-2H3;3H,1-2H3. The zero-order valence-corrected chi connectivity index (χ0v) is 59.3. The first-order valence-electron chi connectivity index (χ1n) is 33.2. The molecule has 0 atom stereocenters. The van der Waals surface area contributed by atoms with Crippen molar-refractivity contribution in [3.8, 4) is 22.5 Å². The number of hydrogen-bond acceptors (Lipinski definition) is 8. The molecule has 0 aliphatic heterocycles. The molecule has 1 aliphatic rings. The SMILES string of the molecule is CC1=CC=C(C)C1.Cc1ccc2ccc3ccc(C)cc3c2c1.Cc1ccc2ccc3ccc(C)nc3c2n1.Cc1cccc(-c2cccc(C)c2)c1.Cc1cccc(-c2cccc(C)n2)n1.Cc1cccc(C)n1.Cc1cccc2c1oc1c(C)cccc12.Cc1cnc(C)o1. The Morgan fingerprint density at radius 2 is 0.649 bits per heavy atom. The Morgan fingerprint density at radius 3 is 1.00 bits per heavy atom. The van der Waals surface area contributed by atoms with E-state index < -0.39 is 0 Å². The molecule has 0 unspecified atom stereocenters. The predicted molar refractivity (Wildman–Crippen MR) is 411 cm³/mol. The number of aromatic nitrogens is 6. The molecule has 0 bridgehead atoms. The van der Waals surface area contributed by atoms with Crippen molar-refractivity contribution in [3.63, 3.8) is 0 Å². The number of fused-ring (bicyclic) bond motifs is 9. The first kappa shape index (κ1) is 70.4. The number of allylic oxidation sites excluding steroid dienone is 4. The molecule has 7 aromatic heterocycles. The molecular formula is C89H90N6O2. The summed E-state index contributed by atoms with van der Waals surface area (Å²) in [5, 5.41) is 10.1. The topological polar surface area (TPSA) is 104 Å². The highest BCUT2D eigenvalue weighted by molar-refractivity contribution is 6.08. The van der Waals surface area contributed by atoms with Crippen molar-refractivity contribution >= 4 is 65.3 Å². The second-order valence-corrected chi connectivity index (χ2v) is 25.3.